The zero-order valence-corrected chi connectivity index (χ0v) is 13.4. The van der Waals surface area contributed by atoms with Crippen LogP contribution in [-0.4, -0.2) is 34.2 Å². The van der Waals surface area contributed by atoms with Gasteiger partial charge in [0, 0.05) is 0 Å². The molecule has 0 aliphatic heterocycles. The summed E-state index contributed by atoms with van der Waals surface area (Å²) in [5, 5.41) is 18.1. The van der Waals surface area contributed by atoms with Crippen molar-refractivity contribution < 1.29 is 29.3 Å². The monoisotopic (exact) mass is 322 g/mol. The number of carboxylic acids is 2. The smallest absolute Gasteiger partial charge is 0.339 e. The van der Waals surface area contributed by atoms with Gasteiger partial charge in [0.25, 0.3) is 0 Å². The van der Waals surface area contributed by atoms with Gasteiger partial charge in [0.2, 0.25) is 0 Å². The van der Waals surface area contributed by atoms with E-state index in [4.69, 9.17) is 14.9 Å². The predicted octanol–water partition coefficient (Wildman–Crippen LogP) is 3.60. The summed E-state index contributed by atoms with van der Waals surface area (Å²) in [6.07, 6.45) is 4.53. The van der Waals surface area contributed by atoms with Gasteiger partial charge in [-0.15, -0.1) is 0 Å². The van der Waals surface area contributed by atoms with E-state index in [9.17, 15) is 14.4 Å². The molecule has 1 aromatic rings. The number of benzene rings is 1. The lowest BCUT2D eigenvalue weighted by atomic mass is 10.0. The molecule has 23 heavy (non-hydrogen) atoms. The molecule has 1 rings (SSSR count). The largest absolute Gasteiger partial charge is 0.478 e. The van der Waals surface area contributed by atoms with Crippen LogP contribution in [0.3, 0.4) is 0 Å². The summed E-state index contributed by atoms with van der Waals surface area (Å²) in [6, 6.07) is 3.29. The summed E-state index contributed by atoms with van der Waals surface area (Å²) in [5.41, 5.74) is -0.659. The number of ether oxygens (including phenoxy) is 1. The molecule has 0 aliphatic rings. The van der Waals surface area contributed by atoms with Crippen LogP contribution in [0.25, 0.3) is 0 Å². The van der Waals surface area contributed by atoms with Gasteiger partial charge in [-0.05, 0) is 38.0 Å². The number of carbonyl (C=O) groups is 3. The van der Waals surface area contributed by atoms with Crippen LogP contribution in [0.2, 0.25) is 0 Å². The fraction of sp³-hybridized carbons (Fsp3) is 0.471. The number of carbonyl (C=O) groups excluding carboxylic acids is 1. The maximum absolute atomic E-state index is 12.2. The fourth-order valence-electron chi connectivity index (χ4n) is 2.20. The number of unbranched alkanes of at least 4 members (excludes halogenated alkanes) is 3. The van der Waals surface area contributed by atoms with Crippen molar-refractivity contribution in [2.75, 3.05) is 0 Å². The molecule has 0 bridgehead atoms. The summed E-state index contributed by atoms with van der Waals surface area (Å²) < 4.78 is 5.25. The maximum atomic E-state index is 12.2. The van der Waals surface area contributed by atoms with Crippen molar-refractivity contribution in [1.82, 2.24) is 0 Å². The first-order valence-electron chi connectivity index (χ1n) is 7.68. The molecule has 0 fully saturated rings. The Morgan fingerprint density at radius 3 is 2.30 bits per heavy atom. The van der Waals surface area contributed by atoms with Crippen LogP contribution in [-0.2, 0) is 4.74 Å². The molecule has 0 saturated heterocycles. The number of hydrogen-bond acceptors (Lipinski definition) is 4. The van der Waals surface area contributed by atoms with Crippen LogP contribution in [0.4, 0.5) is 0 Å². The zero-order chi connectivity index (χ0) is 17.4. The topological polar surface area (TPSA) is 101 Å². The number of carboxylic acid groups (broad SMARTS) is 2. The van der Waals surface area contributed by atoms with E-state index in [0.717, 1.165) is 43.9 Å². The van der Waals surface area contributed by atoms with Gasteiger partial charge in [-0.25, -0.2) is 14.4 Å². The van der Waals surface area contributed by atoms with Crippen LogP contribution >= 0.6 is 0 Å². The Balaban J connectivity index is 2.82. The first kappa shape index (κ1) is 18.7. The molecule has 2 N–H and O–H groups in total. The van der Waals surface area contributed by atoms with Crippen molar-refractivity contribution in [1.29, 1.82) is 0 Å². The van der Waals surface area contributed by atoms with Gasteiger partial charge >= 0.3 is 17.9 Å². The van der Waals surface area contributed by atoms with Crippen molar-refractivity contribution >= 4 is 17.9 Å². The summed E-state index contributed by atoms with van der Waals surface area (Å²) in [4.78, 5) is 34.3. The summed E-state index contributed by atoms with van der Waals surface area (Å²) in [5.74, 6) is -3.35. The van der Waals surface area contributed by atoms with Crippen LogP contribution in [0.1, 0.15) is 77.0 Å². The molecule has 6 heteroatoms. The van der Waals surface area contributed by atoms with Gasteiger partial charge in [0.1, 0.15) is 0 Å². The lowest BCUT2D eigenvalue weighted by molar-refractivity contribution is 0.0313. The molecule has 0 spiro atoms. The minimum Gasteiger partial charge on any atom is -0.478 e. The van der Waals surface area contributed by atoms with Crippen LogP contribution in [0, 0.1) is 0 Å². The Bertz CT molecular complexity index is 578. The minimum atomic E-state index is -1.30. The molecule has 1 unspecified atom stereocenters. The molecular weight excluding hydrogens is 300 g/mol. The van der Waals surface area contributed by atoms with Crippen molar-refractivity contribution in [3.05, 3.63) is 34.9 Å². The molecular formula is C17H22O6. The molecule has 126 valence electrons. The second kappa shape index (κ2) is 8.92. The van der Waals surface area contributed by atoms with Gasteiger partial charge in [0.05, 0.1) is 22.8 Å². The van der Waals surface area contributed by atoms with Gasteiger partial charge in [-0.2, -0.15) is 0 Å². The van der Waals surface area contributed by atoms with E-state index in [-0.39, 0.29) is 22.8 Å². The maximum Gasteiger partial charge on any atom is 0.339 e. The van der Waals surface area contributed by atoms with Crippen molar-refractivity contribution in [3.63, 3.8) is 0 Å². The Labute approximate surface area is 135 Å². The van der Waals surface area contributed by atoms with Gasteiger partial charge in [-0.1, -0.05) is 26.2 Å². The van der Waals surface area contributed by atoms with E-state index in [1.54, 1.807) is 6.92 Å². The first-order valence-corrected chi connectivity index (χ1v) is 7.68. The van der Waals surface area contributed by atoms with Gasteiger partial charge in [0.15, 0.2) is 0 Å². The normalized spacial score (nSPS) is 11.7. The van der Waals surface area contributed by atoms with Crippen LogP contribution in [0.15, 0.2) is 18.2 Å². The van der Waals surface area contributed by atoms with Gasteiger partial charge < -0.3 is 14.9 Å². The fourth-order valence-corrected chi connectivity index (χ4v) is 2.20. The average Bonchev–Trinajstić information content (AvgIpc) is 2.50. The summed E-state index contributed by atoms with van der Waals surface area (Å²) in [7, 11) is 0. The van der Waals surface area contributed by atoms with Crippen LogP contribution in [0.5, 0.6) is 0 Å². The third-order valence-electron chi connectivity index (χ3n) is 3.49. The lowest BCUT2D eigenvalue weighted by Gasteiger charge is -2.14. The third-order valence-corrected chi connectivity index (χ3v) is 3.49. The van der Waals surface area contributed by atoms with E-state index in [1.165, 1.54) is 0 Å². The molecule has 6 nitrogen and oxygen atoms in total. The van der Waals surface area contributed by atoms with Crippen molar-refractivity contribution in [2.24, 2.45) is 0 Å². The van der Waals surface area contributed by atoms with Gasteiger partial charge in [-0.3, -0.25) is 0 Å². The quantitative estimate of drug-likeness (QED) is 0.532. The minimum absolute atomic E-state index is 0.155. The Morgan fingerprint density at radius 1 is 1.04 bits per heavy atom. The standard InChI is InChI=1S/C17H22O6/c1-3-4-5-6-7-11(2)23-17(22)14-10-12(15(18)19)8-9-13(14)16(20)21/h8-11H,3-7H2,1-2H3,(H,18,19)(H,20,21). The second-order valence-electron chi connectivity index (χ2n) is 5.44. The van der Waals surface area contributed by atoms with E-state index in [1.807, 2.05) is 0 Å². The molecule has 0 saturated carbocycles. The molecule has 0 aliphatic carbocycles. The molecule has 0 heterocycles. The van der Waals surface area contributed by atoms with E-state index in [2.05, 4.69) is 6.92 Å². The SMILES string of the molecule is CCCCCCC(C)OC(=O)c1cc(C(=O)O)ccc1C(=O)O. The first-order chi connectivity index (χ1) is 10.9. The average molecular weight is 322 g/mol. The van der Waals surface area contributed by atoms with Crippen molar-refractivity contribution in [2.45, 2.75) is 52.1 Å². The van der Waals surface area contributed by atoms with Crippen molar-refractivity contribution in [3.8, 4) is 0 Å². The Hall–Kier alpha value is -2.37. The number of rotatable bonds is 9. The predicted molar refractivity (Wildman–Crippen MR) is 84.0 cm³/mol. The van der Waals surface area contributed by atoms with E-state index < -0.39 is 17.9 Å². The summed E-state index contributed by atoms with van der Waals surface area (Å²) >= 11 is 0. The molecule has 0 aromatic heterocycles. The highest BCUT2D eigenvalue weighted by molar-refractivity contribution is 6.04. The molecule has 0 amide bonds. The highest BCUT2D eigenvalue weighted by atomic mass is 16.5. The summed E-state index contributed by atoms with van der Waals surface area (Å²) in [6.45, 7) is 3.84. The van der Waals surface area contributed by atoms with E-state index in [0.29, 0.717) is 6.42 Å². The molecule has 1 aromatic carbocycles. The number of hydrogen-bond donors (Lipinski definition) is 2. The zero-order valence-electron chi connectivity index (χ0n) is 13.4. The van der Waals surface area contributed by atoms with Crippen LogP contribution < -0.4 is 0 Å². The second-order valence-corrected chi connectivity index (χ2v) is 5.44. The lowest BCUT2D eigenvalue weighted by Crippen LogP contribution is -2.18. The Morgan fingerprint density at radius 2 is 1.74 bits per heavy atom. The highest BCUT2D eigenvalue weighted by Gasteiger charge is 2.21. The molecule has 1 atom stereocenters. The number of esters is 1. The third kappa shape index (κ3) is 5.73. The number of aromatic carboxylic acids is 2. The molecule has 0 radical (unpaired) electrons. The van der Waals surface area contributed by atoms with E-state index >= 15 is 0 Å². The Kier molecular flexibility index (Phi) is 7.25. The highest BCUT2D eigenvalue weighted by Crippen LogP contribution is 2.16.